The molecule has 0 aliphatic rings. The molecule has 5 heteroatoms. The summed E-state index contributed by atoms with van der Waals surface area (Å²) in [6.45, 7) is 2.10. The maximum atomic E-state index is 4.36. The summed E-state index contributed by atoms with van der Waals surface area (Å²) in [4.78, 5) is 10.6. The van der Waals surface area contributed by atoms with Crippen LogP contribution in [0.3, 0.4) is 0 Å². The molecule has 90 valence electrons. The highest BCUT2D eigenvalue weighted by Crippen LogP contribution is 2.21. The quantitative estimate of drug-likeness (QED) is 0.903. The van der Waals surface area contributed by atoms with Crippen molar-refractivity contribution in [1.82, 2.24) is 9.97 Å². The number of rotatable bonds is 4. The molecular weight excluding hydrogens is 232 g/mol. The Bertz CT molecular complexity index is 450. The van der Waals surface area contributed by atoms with E-state index in [1.807, 2.05) is 48.9 Å². The highest BCUT2D eigenvalue weighted by Gasteiger charge is 2.07. The van der Waals surface area contributed by atoms with E-state index in [9.17, 15) is 0 Å². The Kier molecular flexibility index (Phi) is 3.58. The number of aromatic nitrogens is 2. The van der Waals surface area contributed by atoms with Crippen molar-refractivity contribution in [2.75, 3.05) is 24.3 Å². The predicted molar refractivity (Wildman–Crippen MR) is 72.7 cm³/mol. The molecule has 0 bridgehead atoms. The second-order valence-electron chi connectivity index (χ2n) is 4.04. The normalized spacial score (nSPS) is 12.2. The molecule has 0 aliphatic heterocycles. The van der Waals surface area contributed by atoms with Crippen molar-refractivity contribution in [3.05, 3.63) is 34.9 Å². The molecule has 0 aliphatic carbocycles. The van der Waals surface area contributed by atoms with Crippen molar-refractivity contribution in [2.45, 2.75) is 13.0 Å². The molecule has 0 saturated carbocycles. The first kappa shape index (κ1) is 11.9. The molecule has 4 nitrogen and oxygen atoms in total. The van der Waals surface area contributed by atoms with E-state index in [1.165, 1.54) is 0 Å². The van der Waals surface area contributed by atoms with Crippen molar-refractivity contribution in [3.63, 3.8) is 0 Å². The average molecular weight is 248 g/mol. The van der Waals surface area contributed by atoms with Crippen LogP contribution in [0.25, 0.3) is 0 Å². The molecule has 0 aromatic carbocycles. The molecule has 0 spiro atoms. The van der Waals surface area contributed by atoms with E-state index in [0.29, 0.717) is 0 Å². The number of pyridine rings is 1. The van der Waals surface area contributed by atoms with Crippen LogP contribution in [0.15, 0.2) is 29.9 Å². The number of hydrogen-bond donors (Lipinski definition) is 1. The fourth-order valence-corrected chi connectivity index (χ4v) is 2.14. The topological polar surface area (TPSA) is 41.0 Å². The van der Waals surface area contributed by atoms with Crippen LogP contribution in [0.1, 0.15) is 18.0 Å². The van der Waals surface area contributed by atoms with Crippen LogP contribution in [-0.4, -0.2) is 24.1 Å². The highest BCUT2D eigenvalue weighted by atomic mass is 32.1. The maximum Gasteiger partial charge on any atom is 0.128 e. The molecule has 17 heavy (non-hydrogen) atoms. The number of thiazole rings is 1. The average Bonchev–Trinajstić information content (AvgIpc) is 2.83. The lowest BCUT2D eigenvalue weighted by atomic mass is 10.3. The number of nitrogens with one attached hydrogen (secondary N) is 1. The van der Waals surface area contributed by atoms with E-state index in [0.717, 1.165) is 16.5 Å². The highest BCUT2D eigenvalue weighted by molar-refractivity contribution is 7.09. The van der Waals surface area contributed by atoms with Gasteiger partial charge in [-0.3, -0.25) is 0 Å². The summed E-state index contributed by atoms with van der Waals surface area (Å²) in [5, 5.41) is 6.45. The Labute approximate surface area is 105 Å². The van der Waals surface area contributed by atoms with E-state index in [2.05, 4.69) is 22.2 Å². The monoisotopic (exact) mass is 248 g/mol. The maximum absolute atomic E-state index is 4.36. The van der Waals surface area contributed by atoms with Gasteiger partial charge in [-0.1, -0.05) is 0 Å². The first-order valence-electron chi connectivity index (χ1n) is 5.46. The lowest BCUT2D eigenvalue weighted by Gasteiger charge is -2.14. The van der Waals surface area contributed by atoms with Gasteiger partial charge >= 0.3 is 0 Å². The Morgan fingerprint density at radius 2 is 2.12 bits per heavy atom. The Hall–Kier alpha value is -1.62. The van der Waals surface area contributed by atoms with Crippen LogP contribution in [-0.2, 0) is 0 Å². The summed E-state index contributed by atoms with van der Waals surface area (Å²) in [7, 11) is 3.96. The first-order valence-corrected chi connectivity index (χ1v) is 6.34. The summed E-state index contributed by atoms with van der Waals surface area (Å²) in [6.07, 6.45) is 3.67. The summed E-state index contributed by atoms with van der Waals surface area (Å²) < 4.78 is 0. The van der Waals surface area contributed by atoms with Gasteiger partial charge in [-0.05, 0) is 19.1 Å². The molecule has 2 rings (SSSR count). The summed E-state index contributed by atoms with van der Waals surface area (Å²) in [5.41, 5.74) is 1.01. The molecule has 1 atom stereocenters. The third-order valence-corrected chi connectivity index (χ3v) is 3.37. The smallest absolute Gasteiger partial charge is 0.128 e. The second kappa shape index (κ2) is 5.14. The predicted octanol–water partition coefficient (Wildman–Crippen LogP) is 2.78. The zero-order valence-corrected chi connectivity index (χ0v) is 11.0. The molecule has 1 unspecified atom stereocenters. The molecule has 2 aromatic rings. The number of anilines is 2. The third kappa shape index (κ3) is 2.94. The van der Waals surface area contributed by atoms with Crippen LogP contribution >= 0.6 is 11.3 Å². The summed E-state index contributed by atoms with van der Waals surface area (Å²) in [5.74, 6) is 0.956. The molecule has 0 radical (unpaired) electrons. The third-order valence-electron chi connectivity index (χ3n) is 2.41. The van der Waals surface area contributed by atoms with Gasteiger partial charge in [0.1, 0.15) is 10.8 Å². The zero-order valence-electron chi connectivity index (χ0n) is 10.2. The van der Waals surface area contributed by atoms with Gasteiger partial charge in [0, 0.05) is 25.7 Å². The Balaban J connectivity index is 2.04. The van der Waals surface area contributed by atoms with Gasteiger partial charge in [-0.2, -0.15) is 0 Å². The van der Waals surface area contributed by atoms with E-state index in [4.69, 9.17) is 0 Å². The fourth-order valence-electron chi connectivity index (χ4n) is 1.50. The van der Waals surface area contributed by atoms with Gasteiger partial charge in [0.25, 0.3) is 0 Å². The van der Waals surface area contributed by atoms with Gasteiger partial charge in [0.2, 0.25) is 0 Å². The van der Waals surface area contributed by atoms with Crippen molar-refractivity contribution in [3.8, 4) is 0 Å². The van der Waals surface area contributed by atoms with Gasteiger partial charge < -0.3 is 10.2 Å². The van der Waals surface area contributed by atoms with E-state index >= 15 is 0 Å². The molecule has 0 amide bonds. The van der Waals surface area contributed by atoms with Gasteiger partial charge in [0.05, 0.1) is 17.9 Å². The van der Waals surface area contributed by atoms with Crippen molar-refractivity contribution in [2.24, 2.45) is 0 Å². The van der Waals surface area contributed by atoms with Crippen LogP contribution in [0.5, 0.6) is 0 Å². The Morgan fingerprint density at radius 3 is 2.65 bits per heavy atom. The number of hydrogen-bond acceptors (Lipinski definition) is 5. The van der Waals surface area contributed by atoms with E-state index in [-0.39, 0.29) is 6.04 Å². The lowest BCUT2D eigenvalue weighted by molar-refractivity contribution is 0.868. The molecule has 1 N–H and O–H groups in total. The van der Waals surface area contributed by atoms with Gasteiger partial charge in [-0.15, -0.1) is 11.3 Å². The van der Waals surface area contributed by atoms with Crippen molar-refractivity contribution >= 4 is 22.8 Å². The summed E-state index contributed by atoms with van der Waals surface area (Å²) in [6, 6.07) is 4.24. The zero-order chi connectivity index (χ0) is 12.3. The molecule has 2 aromatic heterocycles. The van der Waals surface area contributed by atoms with E-state index < -0.39 is 0 Å². The first-order chi connectivity index (χ1) is 8.16. The van der Waals surface area contributed by atoms with Gasteiger partial charge in [0.15, 0.2) is 0 Å². The van der Waals surface area contributed by atoms with Crippen molar-refractivity contribution in [1.29, 1.82) is 0 Å². The van der Waals surface area contributed by atoms with Crippen LogP contribution < -0.4 is 10.2 Å². The minimum Gasteiger partial charge on any atom is -0.375 e. The minimum absolute atomic E-state index is 0.210. The standard InChI is InChI=1S/C12H16N4S/c1-9(12-13-6-7-17-12)15-10-4-5-11(14-8-10)16(2)3/h4-9,15H,1-3H3. The lowest BCUT2D eigenvalue weighted by Crippen LogP contribution is -2.11. The SMILES string of the molecule is CC(Nc1ccc(N(C)C)nc1)c1nccs1. The Morgan fingerprint density at radius 1 is 1.29 bits per heavy atom. The molecule has 2 heterocycles. The molecule has 0 fully saturated rings. The second-order valence-corrected chi connectivity index (χ2v) is 4.96. The molecule has 0 saturated heterocycles. The summed E-state index contributed by atoms with van der Waals surface area (Å²) >= 11 is 1.66. The van der Waals surface area contributed by atoms with E-state index in [1.54, 1.807) is 11.3 Å². The van der Waals surface area contributed by atoms with Gasteiger partial charge in [-0.25, -0.2) is 9.97 Å². The van der Waals surface area contributed by atoms with Crippen molar-refractivity contribution < 1.29 is 0 Å². The minimum atomic E-state index is 0.210. The largest absolute Gasteiger partial charge is 0.375 e. The van der Waals surface area contributed by atoms with Crippen LogP contribution in [0, 0.1) is 0 Å². The fraction of sp³-hybridized carbons (Fsp3) is 0.333. The van der Waals surface area contributed by atoms with Crippen LogP contribution in [0.4, 0.5) is 11.5 Å². The van der Waals surface area contributed by atoms with Crippen LogP contribution in [0.2, 0.25) is 0 Å². The number of nitrogens with zero attached hydrogens (tertiary/aromatic N) is 3. The molecular formula is C12H16N4S.